The molecule has 4 nitrogen and oxygen atoms in total. The van der Waals surface area contributed by atoms with Gasteiger partial charge in [0.2, 0.25) is 0 Å². The third kappa shape index (κ3) is 2.44. The maximum Gasteiger partial charge on any atom is 0.273 e. The van der Waals surface area contributed by atoms with Gasteiger partial charge in [0.15, 0.2) is 5.13 Å². The van der Waals surface area contributed by atoms with Gasteiger partial charge in [0, 0.05) is 24.0 Å². The fraction of sp³-hybridized carbons (Fsp3) is 0.667. The molecule has 2 heterocycles. The van der Waals surface area contributed by atoms with Crippen LogP contribution in [0, 0.1) is 0 Å². The third-order valence-electron chi connectivity index (χ3n) is 3.20. The van der Waals surface area contributed by atoms with E-state index in [1.807, 2.05) is 17.2 Å². The molecule has 2 rings (SSSR count). The van der Waals surface area contributed by atoms with Gasteiger partial charge < -0.3 is 10.2 Å². The fourth-order valence-corrected chi connectivity index (χ4v) is 2.98. The highest BCUT2D eigenvalue weighted by atomic mass is 32.1. The Hall–Kier alpha value is -1.10. The predicted molar refractivity (Wildman–Crippen MR) is 70.6 cm³/mol. The lowest BCUT2D eigenvalue weighted by atomic mass is 10.0. The molecule has 1 amide bonds. The molecule has 1 aromatic rings. The third-order valence-corrected chi connectivity index (χ3v) is 4.00. The summed E-state index contributed by atoms with van der Waals surface area (Å²) in [6.45, 7) is 7.94. The summed E-state index contributed by atoms with van der Waals surface area (Å²) < 4.78 is 0. The molecule has 0 radical (unpaired) electrons. The topological polar surface area (TPSA) is 45.2 Å². The monoisotopic (exact) mass is 253 g/mol. The van der Waals surface area contributed by atoms with Crippen molar-refractivity contribution in [3.05, 3.63) is 11.1 Å². The zero-order valence-corrected chi connectivity index (χ0v) is 11.4. The second-order valence-corrected chi connectivity index (χ2v) is 5.80. The number of rotatable bonds is 3. The molecular formula is C12H19N3OS. The summed E-state index contributed by atoms with van der Waals surface area (Å²) in [5, 5.41) is 5.80. The number of hydrogen-bond acceptors (Lipinski definition) is 4. The number of thiazole rings is 1. The highest BCUT2D eigenvalue weighted by Gasteiger charge is 2.36. The fourth-order valence-electron chi connectivity index (χ4n) is 2.23. The first-order valence-electron chi connectivity index (χ1n) is 6.06. The summed E-state index contributed by atoms with van der Waals surface area (Å²) in [6.07, 6.45) is 2.16. The molecule has 17 heavy (non-hydrogen) atoms. The summed E-state index contributed by atoms with van der Waals surface area (Å²) >= 11 is 1.49. The number of carbonyl (C=O) groups excluding carboxylic acids is 1. The van der Waals surface area contributed by atoms with Crippen LogP contribution in [0.5, 0.6) is 0 Å². The van der Waals surface area contributed by atoms with Gasteiger partial charge in [-0.1, -0.05) is 0 Å². The largest absolute Gasteiger partial charge is 0.362 e. The Morgan fingerprint density at radius 1 is 1.65 bits per heavy atom. The van der Waals surface area contributed by atoms with E-state index in [0.29, 0.717) is 5.69 Å². The first-order chi connectivity index (χ1) is 8.04. The molecule has 0 unspecified atom stereocenters. The number of aromatic nitrogens is 1. The van der Waals surface area contributed by atoms with Crippen LogP contribution in [0.4, 0.5) is 5.13 Å². The molecule has 1 aliphatic heterocycles. The van der Waals surface area contributed by atoms with E-state index in [4.69, 9.17) is 0 Å². The van der Waals surface area contributed by atoms with Crippen LogP contribution in [0.1, 0.15) is 44.1 Å². The number of carbonyl (C=O) groups is 1. The summed E-state index contributed by atoms with van der Waals surface area (Å²) in [7, 11) is 0. The first-order valence-corrected chi connectivity index (χ1v) is 6.94. The molecule has 0 spiro atoms. The van der Waals surface area contributed by atoms with E-state index >= 15 is 0 Å². The second kappa shape index (κ2) is 4.64. The Labute approximate surface area is 106 Å². The molecule has 0 atom stereocenters. The van der Waals surface area contributed by atoms with Gasteiger partial charge in [-0.25, -0.2) is 4.98 Å². The van der Waals surface area contributed by atoms with Gasteiger partial charge in [0.25, 0.3) is 5.91 Å². The van der Waals surface area contributed by atoms with E-state index < -0.39 is 0 Å². The maximum absolute atomic E-state index is 12.3. The zero-order valence-electron chi connectivity index (χ0n) is 10.6. The minimum absolute atomic E-state index is 0.0287. The van der Waals surface area contributed by atoms with E-state index in [1.165, 1.54) is 11.3 Å². The Balaban J connectivity index is 2.13. The molecule has 1 saturated heterocycles. The van der Waals surface area contributed by atoms with Crippen LogP contribution in [0.2, 0.25) is 0 Å². The van der Waals surface area contributed by atoms with Crippen molar-refractivity contribution in [3.8, 4) is 0 Å². The number of nitrogens with one attached hydrogen (secondary N) is 1. The van der Waals surface area contributed by atoms with Crippen molar-refractivity contribution in [1.29, 1.82) is 0 Å². The van der Waals surface area contributed by atoms with Crippen molar-refractivity contribution in [1.82, 2.24) is 9.88 Å². The van der Waals surface area contributed by atoms with Crippen LogP contribution in [0.25, 0.3) is 0 Å². The summed E-state index contributed by atoms with van der Waals surface area (Å²) in [5.41, 5.74) is 0.542. The number of hydrogen-bond donors (Lipinski definition) is 1. The average Bonchev–Trinajstić information content (AvgIpc) is 2.84. The molecular weight excluding hydrogens is 234 g/mol. The van der Waals surface area contributed by atoms with Crippen LogP contribution in [0.3, 0.4) is 0 Å². The lowest BCUT2D eigenvalue weighted by molar-refractivity contribution is 0.0647. The molecule has 0 aliphatic carbocycles. The van der Waals surface area contributed by atoms with Gasteiger partial charge in [-0.15, -0.1) is 11.3 Å². The van der Waals surface area contributed by atoms with Gasteiger partial charge in [-0.3, -0.25) is 4.79 Å². The van der Waals surface area contributed by atoms with Crippen molar-refractivity contribution >= 4 is 22.4 Å². The number of anilines is 1. The highest BCUT2D eigenvalue weighted by Crippen LogP contribution is 2.30. The van der Waals surface area contributed by atoms with Crippen LogP contribution in [-0.4, -0.2) is 34.4 Å². The first kappa shape index (κ1) is 12.4. The number of amides is 1. The minimum atomic E-state index is -0.0287. The average molecular weight is 253 g/mol. The van der Waals surface area contributed by atoms with Gasteiger partial charge in [0.1, 0.15) is 5.69 Å². The van der Waals surface area contributed by atoms with Crippen molar-refractivity contribution in [2.45, 2.75) is 39.2 Å². The summed E-state index contributed by atoms with van der Waals surface area (Å²) in [4.78, 5) is 18.6. The molecule has 1 aliphatic rings. The smallest absolute Gasteiger partial charge is 0.273 e. The predicted octanol–water partition coefficient (Wildman–Crippen LogP) is 2.59. The molecule has 0 saturated carbocycles. The Bertz CT molecular complexity index is 414. The Morgan fingerprint density at radius 3 is 3.00 bits per heavy atom. The number of likely N-dealkylation sites (tertiary alicyclic amines) is 1. The molecule has 1 aromatic heterocycles. The lowest BCUT2D eigenvalue weighted by Gasteiger charge is -2.30. The Kier molecular flexibility index (Phi) is 3.38. The Morgan fingerprint density at radius 2 is 2.41 bits per heavy atom. The van der Waals surface area contributed by atoms with E-state index in [-0.39, 0.29) is 11.4 Å². The van der Waals surface area contributed by atoms with E-state index in [9.17, 15) is 4.79 Å². The van der Waals surface area contributed by atoms with Gasteiger partial charge in [-0.05, 0) is 33.6 Å². The van der Waals surface area contributed by atoms with Gasteiger partial charge in [0.05, 0.1) is 0 Å². The van der Waals surface area contributed by atoms with E-state index in [0.717, 1.165) is 31.1 Å². The van der Waals surface area contributed by atoms with Crippen molar-refractivity contribution in [2.75, 3.05) is 18.4 Å². The normalized spacial score (nSPS) is 18.4. The molecule has 94 valence electrons. The maximum atomic E-state index is 12.3. The van der Waals surface area contributed by atoms with Crippen molar-refractivity contribution < 1.29 is 4.79 Å². The quantitative estimate of drug-likeness (QED) is 0.900. The summed E-state index contributed by atoms with van der Waals surface area (Å²) in [5.74, 6) is 0.0629. The number of nitrogens with zero attached hydrogens (tertiary/aromatic N) is 2. The minimum Gasteiger partial charge on any atom is -0.362 e. The van der Waals surface area contributed by atoms with Crippen molar-refractivity contribution in [3.63, 3.8) is 0 Å². The van der Waals surface area contributed by atoms with Crippen LogP contribution in [0.15, 0.2) is 5.38 Å². The second-order valence-electron chi connectivity index (χ2n) is 4.94. The van der Waals surface area contributed by atoms with E-state index in [1.54, 1.807) is 0 Å². The standard InChI is InChI=1S/C12H19N3OS/c1-4-13-11-14-9(8-17-11)10(16)15-7-5-6-12(15,2)3/h8H,4-7H2,1-3H3,(H,13,14). The SMILES string of the molecule is CCNc1nc(C(=O)N2CCCC2(C)C)cs1. The van der Waals surface area contributed by atoms with Crippen LogP contribution in [-0.2, 0) is 0 Å². The molecule has 0 bridgehead atoms. The highest BCUT2D eigenvalue weighted by molar-refractivity contribution is 7.13. The lowest BCUT2D eigenvalue weighted by Crippen LogP contribution is -2.42. The summed E-state index contributed by atoms with van der Waals surface area (Å²) in [6, 6.07) is 0. The molecule has 1 fully saturated rings. The van der Waals surface area contributed by atoms with E-state index in [2.05, 4.69) is 24.1 Å². The van der Waals surface area contributed by atoms with Crippen LogP contribution < -0.4 is 5.32 Å². The van der Waals surface area contributed by atoms with Gasteiger partial charge in [-0.2, -0.15) is 0 Å². The van der Waals surface area contributed by atoms with Crippen molar-refractivity contribution in [2.24, 2.45) is 0 Å². The van der Waals surface area contributed by atoms with Gasteiger partial charge >= 0.3 is 0 Å². The molecule has 5 heteroatoms. The zero-order chi connectivity index (χ0) is 12.5. The van der Waals surface area contributed by atoms with Crippen LogP contribution >= 0.6 is 11.3 Å². The molecule has 1 N–H and O–H groups in total. The molecule has 0 aromatic carbocycles.